The third kappa shape index (κ3) is 2.20. The van der Waals surface area contributed by atoms with E-state index in [1.54, 1.807) is 0 Å². The van der Waals surface area contributed by atoms with Crippen LogP contribution in [0.3, 0.4) is 0 Å². The van der Waals surface area contributed by atoms with Crippen molar-refractivity contribution in [2.45, 2.75) is 25.3 Å². The van der Waals surface area contributed by atoms with Crippen LogP contribution in [0.1, 0.15) is 18.9 Å². The zero-order chi connectivity index (χ0) is 11.6. The number of hydrogen-bond donors (Lipinski definition) is 2. The van der Waals surface area contributed by atoms with Crippen molar-refractivity contribution >= 4 is 5.69 Å². The molecule has 0 radical (unpaired) electrons. The minimum atomic E-state index is -0.413. The molecule has 3 nitrogen and oxygen atoms in total. The van der Waals surface area contributed by atoms with Crippen LogP contribution in [-0.2, 0) is 6.42 Å². The van der Waals surface area contributed by atoms with E-state index in [1.165, 1.54) is 11.3 Å². The summed E-state index contributed by atoms with van der Waals surface area (Å²) in [5.74, 6) is 0. The van der Waals surface area contributed by atoms with E-state index >= 15 is 0 Å². The molecule has 1 aromatic carbocycles. The molecule has 1 saturated heterocycles. The van der Waals surface area contributed by atoms with Gasteiger partial charge in [-0.05, 0) is 30.5 Å². The van der Waals surface area contributed by atoms with Crippen molar-refractivity contribution in [2.75, 3.05) is 24.6 Å². The van der Waals surface area contributed by atoms with Crippen LogP contribution < -0.4 is 10.6 Å². The topological polar surface area (TPSA) is 49.5 Å². The molecule has 1 aliphatic rings. The summed E-state index contributed by atoms with van der Waals surface area (Å²) >= 11 is 0. The van der Waals surface area contributed by atoms with E-state index in [0.29, 0.717) is 0 Å². The Morgan fingerprint density at radius 1 is 1.38 bits per heavy atom. The molecule has 0 spiro atoms. The van der Waals surface area contributed by atoms with E-state index in [1.807, 2.05) is 0 Å². The van der Waals surface area contributed by atoms with Gasteiger partial charge in [-0.1, -0.05) is 19.1 Å². The Hall–Kier alpha value is -1.06. The molecule has 1 aromatic rings. The van der Waals surface area contributed by atoms with E-state index in [-0.39, 0.29) is 6.61 Å². The molecule has 16 heavy (non-hydrogen) atoms. The maximum absolute atomic E-state index is 9.22. The van der Waals surface area contributed by atoms with Gasteiger partial charge in [0.1, 0.15) is 0 Å². The van der Waals surface area contributed by atoms with Gasteiger partial charge in [0.2, 0.25) is 0 Å². The first-order chi connectivity index (χ1) is 7.67. The summed E-state index contributed by atoms with van der Waals surface area (Å²) in [4.78, 5) is 2.25. The van der Waals surface area contributed by atoms with Crippen LogP contribution >= 0.6 is 0 Å². The molecule has 0 saturated carbocycles. The van der Waals surface area contributed by atoms with Crippen LogP contribution in [-0.4, -0.2) is 30.3 Å². The predicted molar refractivity (Wildman–Crippen MR) is 66.7 cm³/mol. The minimum absolute atomic E-state index is 0.0660. The van der Waals surface area contributed by atoms with Crippen LogP contribution in [0.5, 0.6) is 0 Å². The first kappa shape index (κ1) is 11.4. The Labute approximate surface area is 96.9 Å². The van der Waals surface area contributed by atoms with E-state index in [0.717, 1.165) is 25.9 Å². The van der Waals surface area contributed by atoms with Crippen molar-refractivity contribution in [3.05, 3.63) is 29.8 Å². The molecular formula is C13H20N2O. The smallest absolute Gasteiger partial charge is 0.0629 e. The predicted octanol–water partition coefficient (Wildman–Crippen LogP) is 1.15. The Morgan fingerprint density at radius 2 is 2.06 bits per heavy atom. The van der Waals surface area contributed by atoms with E-state index in [2.05, 4.69) is 36.1 Å². The largest absolute Gasteiger partial charge is 0.394 e. The average Bonchev–Trinajstić information content (AvgIpc) is 2.73. The fourth-order valence-electron chi connectivity index (χ4n) is 2.19. The lowest BCUT2D eigenvalue weighted by atomic mass is 10.0. The first-order valence-electron chi connectivity index (χ1n) is 5.90. The van der Waals surface area contributed by atoms with Gasteiger partial charge in [-0.3, -0.25) is 0 Å². The molecule has 0 bridgehead atoms. The molecule has 1 fully saturated rings. The maximum atomic E-state index is 9.22. The number of anilines is 1. The minimum Gasteiger partial charge on any atom is -0.394 e. The summed E-state index contributed by atoms with van der Waals surface area (Å²) in [5.41, 5.74) is 8.19. The SMILES string of the molecule is CCc1ccc(N2CCC(N)(CO)C2)cc1. The quantitative estimate of drug-likeness (QED) is 0.803. The van der Waals surface area contributed by atoms with Crippen LogP contribution in [0.2, 0.25) is 0 Å². The third-order valence-electron chi connectivity index (χ3n) is 3.41. The average molecular weight is 220 g/mol. The lowest BCUT2D eigenvalue weighted by molar-refractivity contribution is 0.210. The van der Waals surface area contributed by atoms with Crippen molar-refractivity contribution in [1.82, 2.24) is 0 Å². The molecule has 0 aromatic heterocycles. The van der Waals surface area contributed by atoms with Crippen LogP contribution in [0.4, 0.5) is 5.69 Å². The zero-order valence-corrected chi connectivity index (χ0v) is 9.82. The summed E-state index contributed by atoms with van der Waals surface area (Å²) in [5, 5.41) is 9.22. The van der Waals surface area contributed by atoms with Crippen LogP contribution in [0.15, 0.2) is 24.3 Å². The van der Waals surface area contributed by atoms with Gasteiger partial charge in [0.25, 0.3) is 0 Å². The van der Waals surface area contributed by atoms with Crippen LogP contribution in [0, 0.1) is 0 Å². The molecule has 0 amide bonds. The monoisotopic (exact) mass is 220 g/mol. The highest BCUT2D eigenvalue weighted by atomic mass is 16.3. The molecule has 3 heteroatoms. The number of hydrogen-bond acceptors (Lipinski definition) is 3. The summed E-state index contributed by atoms with van der Waals surface area (Å²) in [7, 11) is 0. The van der Waals surface area contributed by atoms with E-state index in [9.17, 15) is 5.11 Å². The molecule has 1 aliphatic heterocycles. The number of nitrogens with zero attached hydrogens (tertiary/aromatic N) is 1. The normalized spacial score (nSPS) is 25.1. The Bertz CT molecular complexity index is 349. The van der Waals surface area contributed by atoms with Crippen molar-refractivity contribution in [2.24, 2.45) is 5.73 Å². The van der Waals surface area contributed by atoms with Crippen molar-refractivity contribution in [3.63, 3.8) is 0 Å². The number of aliphatic hydroxyl groups is 1. The fourth-order valence-corrected chi connectivity index (χ4v) is 2.19. The Morgan fingerprint density at radius 3 is 2.56 bits per heavy atom. The fraction of sp³-hybridized carbons (Fsp3) is 0.538. The number of benzene rings is 1. The highest BCUT2D eigenvalue weighted by Gasteiger charge is 2.33. The first-order valence-corrected chi connectivity index (χ1v) is 5.90. The molecule has 1 heterocycles. The standard InChI is InChI=1S/C13H20N2O/c1-2-11-3-5-12(6-4-11)15-8-7-13(14,9-15)10-16/h3-6,16H,2,7-10,14H2,1H3. The van der Waals surface area contributed by atoms with Gasteiger partial charge in [0.15, 0.2) is 0 Å². The summed E-state index contributed by atoms with van der Waals surface area (Å²) < 4.78 is 0. The molecule has 2 rings (SSSR count). The van der Waals surface area contributed by atoms with Gasteiger partial charge in [-0.25, -0.2) is 0 Å². The number of rotatable bonds is 3. The van der Waals surface area contributed by atoms with Crippen molar-refractivity contribution in [3.8, 4) is 0 Å². The zero-order valence-electron chi connectivity index (χ0n) is 9.82. The van der Waals surface area contributed by atoms with Crippen molar-refractivity contribution in [1.29, 1.82) is 0 Å². The number of aryl methyl sites for hydroxylation is 1. The molecular weight excluding hydrogens is 200 g/mol. The van der Waals surface area contributed by atoms with Gasteiger partial charge in [0, 0.05) is 18.8 Å². The third-order valence-corrected chi connectivity index (χ3v) is 3.41. The van der Waals surface area contributed by atoms with Gasteiger partial charge in [-0.15, -0.1) is 0 Å². The lowest BCUT2D eigenvalue weighted by Crippen LogP contribution is -2.46. The Balaban J connectivity index is 2.08. The van der Waals surface area contributed by atoms with Gasteiger partial charge in [0.05, 0.1) is 12.1 Å². The number of nitrogens with two attached hydrogens (primary N) is 1. The highest BCUT2D eigenvalue weighted by Crippen LogP contribution is 2.25. The summed E-state index contributed by atoms with van der Waals surface area (Å²) in [6, 6.07) is 8.60. The second-order valence-electron chi connectivity index (χ2n) is 4.71. The van der Waals surface area contributed by atoms with Crippen LogP contribution in [0.25, 0.3) is 0 Å². The van der Waals surface area contributed by atoms with E-state index < -0.39 is 5.54 Å². The summed E-state index contributed by atoms with van der Waals surface area (Å²) in [6.07, 6.45) is 1.93. The van der Waals surface area contributed by atoms with Gasteiger partial charge >= 0.3 is 0 Å². The van der Waals surface area contributed by atoms with Crippen molar-refractivity contribution < 1.29 is 5.11 Å². The van der Waals surface area contributed by atoms with E-state index in [4.69, 9.17) is 5.73 Å². The maximum Gasteiger partial charge on any atom is 0.0629 e. The lowest BCUT2D eigenvalue weighted by Gasteiger charge is -2.23. The van der Waals surface area contributed by atoms with Gasteiger partial charge < -0.3 is 15.7 Å². The second kappa shape index (κ2) is 4.44. The second-order valence-corrected chi connectivity index (χ2v) is 4.71. The molecule has 0 aliphatic carbocycles. The molecule has 3 N–H and O–H groups in total. The molecule has 1 atom stereocenters. The Kier molecular flexibility index (Phi) is 3.17. The highest BCUT2D eigenvalue weighted by molar-refractivity contribution is 5.49. The molecule has 88 valence electrons. The van der Waals surface area contributed by atoms with Gasteiger partial charge in [-0.2, -0.15) is 0 Å². The molecule has 1 unspecified atom stereocenters. The summed E-state index contributed by atoms with van der Waals surface area (Å²) in [6.45, 7) is 3.90. The number of aliphatic hydroxyl groups excluding tert-OH is 1.